The minimum absolute atomic E-state index is 0.210. The number of hydrogen-bond donors (Lipinski definition) is 0. The number of carbonyl (C=O) groups is 1. The van der Waals surface area contributed by atoms with Crippen LogP contribution in [-0.4, -0.2) is 25.0 Å². The second-order valence-corrected chi connectivity index (χ2v) is 4.03. The number of ether oxygens (including phenoxy) is 2. The van der Waals surface area contributed by atoms with E-state index in [2.05, 4.69) is 4.98 Å². The summed E-state index contributed by atoms with van der Waals surface area (Å²) in [5, 5.41) is 0. The van der Waals surface area contributed by atoms with Crippen LogP contribution >= 0.6 is 0 Å². The number of nitrogens with zero attached hydrogens (tertiary/aromatic N) is 1. The fraction of sp³-hybridized carbons (Fsp3) is 0.200. The highest BCUT2D eigenvalue weighted by Gasteiger charge is 2.20. The lowest BCUT2D eigenvalue weighted by Gasteiger charge is -2.11. The van der Waals surface area contributed by atoms with Crippen LogP contribution in [0, 0.1) is 6.92 Å². The van der Waals surface area contributed by atoms with Gasteiger partial charge in [-0.3, -0.25) is 4.79 Å². The van der Waals surface area contributed by atoms with E-state index in [9.17, 15) is 4.79 Å². The molecular formula is C15H15NO3. The lowest BCUT2D eigenvalue weighted by molar-refractivity contribution is 0.102. The van der Waals surface area contributed by atoms with Crippen molar-refractivity contribution in [3.8, 4) is 11.5 Å². The molecule has 19 heavy (non-hydrogen) atoms. The number of aryl methyl sites for hydroxylation is 1. The topological polar surface area (TPSA) is 48.4 Å². The van der Waals surface area contributed by atoms with E-state index >= 15 is 0 Å². The van der Waals surface area contributed by atoms with E-state index in [0.29, 0.717) is 22.8 Å². The van der Waals surface area contributed by atoms with Crippen LogP contribution in [0.3, 0.4) is 0 Å². The normalized spacial score (nSPS) is 10.1. The Morgan fingerprint density at radius 2 is 1.58 bits per heavy atom. The Morgan fingerprint density at radius 1 is 1.00 bits per heavy atom. The number of aromatic nitrogens is 1. The van der Waals surface area contributed by atoms with Crippen LogP contribution in [-0.2, 0) is 0 Å². The van der Waals surface area contributed by atoms with E-state index in [1.807, 2.05) is 13.0 Å². The van der Waals surface area contributed by atoms with Gasteiger partial charge in [0.25, 0.3) is 0 Å². The summed E-state index contributed by atoms with van der Waals surface area (Å²) < 4.78 is 10.5. The number of carbonyl (C=O) groups excluding carboxylic acids is 1. The largest absolute Gasteiger partial charge is 0.496 e. The van der Waals surface area contributed by atoms with Crippen LogP contribution in [0.2, 0.25) is 0 Å². The zero-order valence-electron chi connectivity index (χ0n) is 11.1. The third-order valence-corrected chi connectivity index (χ3v) is 2.78. The Kier molecular flexibility index (Phi) is 3.80. The van der Waals surface area contributed by atoms with E-state index in [0.717, 1.165) is 5.69 Å². The molecule has 0 saturated carbocycles. The summed E-state index contributed by atoms with van der Waals surface area (Å²) in [6, 6.07) is 10.6. The van der Waals surface area contributed by atoms with Crippen molar-refractivity contribution < 1.29 is 14.3 Å². The molecule has 0 bridgehead atoms. The molecule has 0 unspecified atom stereocenters. The molecule has 0 saturated heterocycles. The van der Waals surface area contributed by atoms with Crippen molar-refractivity contribution in [1.82, 2.24) is 4.98 Å². The minimum atomic E-state index is -0.210. The SMILES string of the molecule is COc1cccc(OC)c1C(=O)c1cccc(C)n1. The predicted molar refractivity (Wildman–Crippen MR) is 72.0 cm³/mol. The third-order valence-electron chi connectivity index (χ3n) is 2.78. The van der Waals surface area contributed by atoms with E-state index < -0.39 is 0 Å². The molecule has 4 heteroatoms. The van der Waals surface area contributed by atoms with Crippen molar-refractivity contribution in [3.05, 3.63) is 53.3 Å². The Balaban J connectivity index is 2.55. The fourth-order valence-electron chi connectivity index (χ4n) is 1.87. The van der Waals surface area contributed by atoms with Crippen molar-refractivity contribution >= 4 is 5.78 Å². The first-order valence-electron chi connectivity index (χ1n) is 5.86. The molecule has 1 aromatic heterocycles. The lowest BCUT2D eigenvalue weighted by atomic mass is 10.0. The van der Waals surface area contributed by atoms with Gasteiger partial charge in [-0.25, -0.2) is 4.98 Å². The molecule has 2 rings (SSSR count). The maximum Gasteiger partial charge on any atom is 0.218 e. The lowest BCUT2D eigenvalue weighted by Crippen LogP contribution is -2.08. The quantitative estimate of drug-likeness (QED) is 0.790. The van der Waals surface area contributed by atoms with Gasteiger partial charge >= 0.3 is 0 Å². The Morgan fingerprint density at radius 3 is 2.11 bits per heavy atom. The number of rotatable bonds is 4. The maximum absolute atomic E-state index is 12.5. The van der Waals surface area contributed by atoms with Crippen LogP contribution in [0.15, 0.2) is 36.4 Å². The van der Waals surface area contributed by atoms with Crippen molar-refractivity contribution in [2.45, 2.75) is 6.92 Å². The molecule has 0 spiro atoms. The third kappa shape index (κ3) is 2.57. The molecule has 1 aromatic carbocycles. The summed E-state index contributed by atoms with van der Waals surface area (Å²) in [7, 11) is 3.05. The summed E-state index contributed by atoms with van der Waals surface area (Å²) in [4.78, 5) is 16.8. The molecule has 0 aliphatic heterocycles. The van der Waals surface area contributed by atoms with E-state index in [1.165, 1.54) is 14.2 Å². The van der Waals surface area contributed by atoms with Gasteiger partial charge < -0.3 is 9.47 Å². The summed E-state index contributed by atoms with van der Waals surface area (Å²) in [6.07, 6.45) is 0. The van der Waals surface area contributed by atoms with Gasteiger partial charge in [0.1, 0.15) is 22.8 Å². The molecule has 1 heterocycles. The van der Waals surface area contributed by atoms with Gasteiger partial charge in [-0.2, -0.15) is 0 Å². The second kappa shape index (κ2) is 5.52. The average molecular weight is 257 g/mol. The highest BCUT2D eigenvalue weighted by Crippen LogP contribution is 2.30. The Hall–Kier alpha value is -2.36. The van der Waals surface area contributed by atoms with Crippen LogP contribution in [0.4, 0.5) is 0 Å². The highest BCUT2D eigenvalue weighted by molar-refractivity contribution is 6.11. The van der Waals surface area contributed by atoms with Crippen molar-refractivity contribution in [2.75, 3.05) is 14.2 Å². The molecular weight excluding hydrogens is 242 g/mol. The van der Waals surface area contributed by atoms with Crippen molar-refractivity contribution in [3.63, 3.8) is 0 Å². The van der Waals surface area contributed by atoms with Gasteiger partial charge in [-0.1, -0.05) is 12.1 Å². The molecule has 0 fully saturated rings. The monoisotopic (exact) mass is 257 g/mol. The molecule has 0 amide bonds. The number of methoxy groups -OCH3 is 2. The first-order chi connectivity index (χ1) is 9.17. The highest BCUT2D eigenvalue weighted by atomic mass is 16.5. The number of pyridine rings is 1. The molecule has 4 nitrogen and oxygen atoms in total. The summed E-state index contributed by atoms with van der Waals surface area (Å²) in [5.41, 5.74) is 1.56. The van der Waals surface area contributed by atoms with Crippen molar-refractivity contribution in [1.29, 1.82) is 0 Å². The number of hydrogen-bond acceptors (Lipinski definition) is 4. The molecule has 0 aliphatic rings. The van der Waals surface area contributed by atoms with Gasteiger partial charge in [0.05, 0.1) is 14.2 Å². The minimum Gasteiger partial charge on any atom is -0.496 e. The Labute approximate surface area is 112 Å². The van der Waals surface area contributed by atoms with Crippen LogP contribution in [0.1, 0.15) is 21.7 Å². The van der Waals surface area contributed by atoms with Crippen LogP contribution in [0.25, 0.3) is 0 Å². The maximum atomic E-state index is 12.5. The van der Waals surface area contributed by atoms with Gasteiger partial charge in [-0.15, -0.1) is 0 Å². The van der Waals surface area contributed by atoms with Gasteiger partial charge in [0, 0.05) is 5.69 Å². The standard InChI is InChI=1S/C15H15NO3/c1-10-6-4-7-11(16-10)15(17)14-12(18-2)8-5-9-13(14)19-3/h4-9H,1-3H3. The van der Waals surface area contributed by atoms with Crippen molar-refractivity contribution in [2.24, 2.45) is 0 Å². The van der Waals surface area contributed by atoms with E-state index in [-0.39, 0.29) is 5.78 Å². The second-order valence-electron chi connectivity index (χ2n) is 4.03. The average Bonchev–Trinajstić information content (AvgIpc) is 2.45. The van der Waals surface area contributed by atoms with Crippen LogP contribution in [0.5, 0.6) is 11.5 Å². The van der Waals surface area contributed by atoms with E-state index in [4.69, 9.17) is 9.47 Å². The van der Waals surface area contributed by atoms with Gasteiger partial charge in [0.2, 0.25) is 5.78 Å². The van der Waals surface area contributed by atoms with Gasteiger partial charge in [-0.05, 0) is 31.2 Å². The Bertz CT molecular complexity index is 586. The fourth-order valence-corrected chi connectivity index (χ4v) is 1.87. The predicted octanol–water partition coefficient (Wildman–Crippen LogP) is 2.64. The number of benzene rings is 1. The van der Waals surface area contributed by atoms with Crippen LogP contribution < -0.4 is 9.47 Å². The molecule has 0 radical (unpaired) electrons. The summed E-state index contributed by atoms with van der Waals surface area (Å²) >= 11 is 0. The molecule has 98 valence electrons. The molecule has 0 aliphatic carbocycles. The molecule has 0 N–H and O–H groups in total. The first kappa shape index (κ1) is 13.1. The number of ketones is 1. The summed E-state index contributed by atoms with van der Waals surface area (Å²) in [6.45, 7) is 1.84. The smallest absolute Gasteiger partial charge is 0.218 e. The molecule has 2 aromatic rings. The first-order valence-corrected chi connectivity index (χ1v) is 5.86. The molecule has 0 atom stereocenters. The summed E-state index contributed by atoms with van der Waals surface area (Å²) in [5.74, 6) is 0.748. The van der Waals surface area contributed by atoms with Gasteiger partial charge in [0.15, 0.2) is 0 Å². The zero-order chi connectivity index (χ0) is 13.8. The zero-order valence-corrected chi connectivity index (χ0v) is 11.1. The van der Waals surface area contributed by atoms with E-state index in [1.54, 1.807) is 30.3 Å².